The number of carbonyl (C=O) groups excluding carboxylic acids is 2. The third-order valence-corrected chi connectivity index (χ3v) is 7.71. The van der Waals surface area contributed by atoms with Crippen LogP contribution < -0.4 is 5.32 Å². The Morgan fingerprint density at radius 1 is 1.33 bits per heavy atom. The minimum atomic E-state index is -0.998. The Morgan fingerprint density at radius 3 is 2.93 bits per heavy atom. The second kappa shape index (κ2) is 7.30. The molecule has 3 atom stereocenters. The number of rotatable bonds is 4. The molecule has 0 unspecified atom stereocenters. The third kappa shape index (κ3) is 3.07. The van der Waals surface area contributed by atoms with E-state index in [0.717, 1.165) is 29.5 Å². The number of aromatic nitrogens is 1. The summed E-state index contributed by atoms with van der Waals surface area (Å²) in [5.41, 5.74) is 0.660. The lowest BCUT2D eigenvalue weighted by Gasteiger charge is -2.45. The maximum Gasteiger partial charge on any atom is 0.271 e. The third-order valence-electron chi connectivity index (χ3n) is 6.86. The van der Waals surface area contributed by atoms with E-state index in [9.17, 15) is 9.59 Å². The van der Waals surface area contributed by atoms with E-state index in [4.69, 9.17) is 4.42 Å². The summed E-state index contributed by atoms with van der Waals surface area (Å²) in [6, 6.07) is 7.79. The van der Waals surface area contributed by atoms with E-state index in [2.05, 4.69) is 12.2 Å². The Morgan fingerprint density at radius 2 is 2.17 bits per heavy atom. The first-order chi connectivity index (χ1) is 14.5. The molecule has 7 heteroatoms. The van der Waals surface area contributed by atoms with E-state index >= 15 is 0 Å². The second-order valence-electron chi connectivity index (χ2n) is 8.87. The van der Waals surface area contributed by atoms with Crippen molar-refractivity contribution >= 4 is 33.4 Å². The molecule has 1 fully saturated rings. The van der Waals surface area contributed by atoms with E-state index in [0.29, 0.717) is 23.9 Å². The minimum Gasteiger partial charge on any atom is -0.467 e. The van der Waals surface area contributed by atoms with E-state index < -0.39 is 5.54 Å². The number of thiophene rings is 1. The van der Waals surface area contributed by atoms with Crippen LogP contribution in [0, 0.1) is 5.92 Å². The molecule has 1 aliphatic heterocycles. The van der Waals surface area contributed by atoms with Gasteiger partial charge in [0.2, 0.25) is 5.91 Å². The van der Waals surface area contributed by atoms with Crippen molar-refractivity contribution in [2.24, 2.45) is 5.92 Å². The summed E-state index contributed by atoms with van der Waals surface area (Å²) >= 11 is 1.62. The summed E-state index contributed by atoms with van der Waals surface area (Å²) in [7, 11) is 0. The zero-order valence-electron chi connectivity index (χ0n) is 17.4. The molecular formula is C23H27N3O3S. The van der Waals surface area contributed by atoms with Gasteiger partial charge in [0.1, 0.15) is 17.0 Å². The van der Waals surface area contributed by atoms with Crippen LogP contribution in [0.4, 0.5) is 0 Å². The Balaban J connectivity index is 1.53. The molecule has 1 N–H and O–H groups in total. The smallest absolute Gasteiger partial charge is 0.271 e. The molecule has 5 rings (SSSR count). The minimum absolute atomic E-state index is 0.0797. The SMILES string of the molecule is C[C@@H]1CCCC[C@@H]1NC(=O)[C@@]1(C)Cn2c(cc3sccc32)C(=O)N1Cc1ccco1. The number of nitrogens with one attached hydrogen (secondary N) is 1. The van der Waals surface area contributed by atoms with Crippen LogP contribution >= 0.6 is 11.3 Å². The number of furan rings is 1. The fraction of sp³-hybridized carbons (Fsp3) is 0.478. The van der Waals surface area contributed by atoms with Gasteiger partial charge in [-0.15, -0.1) is 11.3 Å². The van der Waals surface area contributed by atoms with Crippen molar-refractivity contribution in [1.82, 2.24) is 14.8 Å². The molecule has 0 spiro atoms. The lowest BCUT2D eigenvalue weighted by Crippen LogP contribution is -2.65. The normalized spacial score (nSPS) is 26.7. The summed E-state index contributed by atoms with van der Waals surface area (Å²) < 4.78 is 8.61. The molecule has 6 nitrogen and oxygen atoms in total. The highest BCUT2D eigenvalue weighted by Gasteiger charge is 2.48. The molecule has 0 aromatic carbocycles. The monoisotopic (exact) mass is 425 g/mol. The summed E-state index contributed by atoms with van der Waals surface area (Å²) in [5, 5.41) is 5.33. The van der Waals surface area contributed by atoms with Crippen LogP contribution in [-0.2, 0) is 17.9 Å². The Hall–Kier alpha value is -2.54. The maximum absolute atomic E-state index is 13.7. The molecule has 2 aliphatic rings. The first-order valence-electron chi connectivity index (χ1n) is 10.7. The van der Waals surface area contributed by atoms with Gasteiger partial charge in [-0.05, 0) is 55.3 Å². The topological polar surface area (TPSA) is 67.5 Å². The fourth-order valence-electron chi connectivity index (χ4n) is 4.93. The Kier molecular flexibility index (Phi) is 4.73. The number of nitrogens with zero attached hydrogens (tertiary/aromatic N) is 2. The molecule has 158 valence electrons. The first kappa shape index (κ1) is 19.4. The van der Waals surface area contributed by atoms with Gasteiger partial charge in [-0.3, -0.25) is 9.59 Å². The van der Waals surface area contributed by atoms with Gasteiger partial charge in [0, 0.05) is 6.04 Å². The molecule has 1 aliphatic carbocycles. The predicted molar refractivity (Wildman–Crippen MR) is 116 cm³/mol. The quantitative estimate of drug-likeness (QED) is 0.673. The van der Waals surface area contributed by atoms with E-state index in [1.54, 1.807) is 22.5 Å². The van der Waals surface area contributed by atoms with Crippen molar-refractivity contribution in [3.8, 4) is 0 Å². The molecule has 0 radical (unpaired) electrons. The number of carbonyl (C=O) groups is 2. The summed E-state index contributed by atoms with van der Waals surface area (Å²) in [5.74, 6) is 0.921. The highest BCUT2D eigenvalue weighted by molar-refractivity contribution is 7.17. The number of amides is 2. The van der Waals surface area contributed by atoms with Gasteiger partial charge in [-0.2, -0.15) is 0 Å². The molecule has 0 saturated heterocycles. The van der Waals surface area contributed by atoms with Gasteiger partial charge in [-0.25, -0.2) is 0 Å². The van der Waals surface area contributed by atoms with E-state index in [1.807, 2.05) is 41.1 Å². The van der Waals surface area contributed by atoms with E-state index in [1.165, 1.54) is 6.42 Å². The summed E-state index contributed by atoms with van der Waals surface area (Å²) in [4.78, 5) is 28.9. The fourth-order valence-corrected chi connectivity index (χ4v) is 5.76. The van der Waals surface area contributed by atoms with Crippen molar-refractivity contribution in [2.45, 2.75) is 64.2 Å². The molecule has 4 heterocycles. The van der Waals surface area contributed by atoms with Crippen LogP contribution in [0.5, 0.6) is 0 Å². The zero-order valence-corrected chi connectivity index (χ0v) is 18.2. The van der Waals surface area contributed by atoms with Crippen LogP contribution in [-0.4, -0.2) is 32.9 Å². The molecule has 2 amide bonds. The van der Waals surface area contributed by atoms with Crippen molar-refractivity contribution in [2.75, 3.05) is 0 Å². The van der Waals surface area contributed by atoms with Crippen molar-refractivity contribution in [3.05, 3.63) is 47.4 Å². The zero-order chi connectivity index (χ0) is 20.9. The highest BCUT2D eigenvalue weighted by Crippen LogP contribution is 2.36. The number of hydrogen-bond acceptors (Lipinski definition) is 4. The summed E-state index contributed by atoms with van der Waals surface area (Å²) in [6.07, 6.45) is 6.09. The van der Waals surface area contributed by atoms with Gasteiger partial charge < -0.3 is 19.2 Å². The molecule has 3 aromatic heterocycles. The molecule has 3 aromatic rings. The maximum atomic E-state index is 13.7. The van der Waals surface area contributed by atoms with Gasteiger partial charge in [0.05, 0.1) is 29.6 Å². The average molecular weight is 426 g/mol. The molecule has 1 saturated carbocycles. The molecule has 0 bridgehead atoms. The van der Waals surface area contributed by atoms with Crippen molar-refractivity contribution < 1.29 is 14.0 Å². The van der Waals surface area contributed by atoms with Gasteiger partial charge in [0.15, 0.2) is 0 Å². The van der Waals surface area contributed by atoms with Crippen LogP contribution in [0.1, 0.15) is 55.8 Å². The largest absolute Gasteiger partial charge is 0.467 e. The van der Waals surface area contributed by atoms with Crippen LogP contribution in [0.15, 0.2) is 40.3 Å². The van der Waals surface area contributed by atoms with Crippen LogP contribution in [0.3, 0.4) is 0 Å². The summed E-state index contributed by atoms with van der Waals surface area (Å²) in [6.45, 7) is 4.80. The highest BCUT2D eigenvalue weighted by atomic mass is 32.1. The lowest BCUT2D eigenvalue weighted by molar-refractivity contribution is -0.134. The molecular weight excluding hydrogens is 398 g/mol. The van der Waals surface area contributed by atoms with Crippen LogP contribution in [0.25, 0.3) is 10.2 Å². The Bertz CT molecular complexity index is 1080. The average Bonchev–Trinajstić information content (AvgIpc) is 3.45. The predicted octanol–water partition coefficient (Wildman–Crippen LogP) is 4.41. The number of hydrogen-bond donors (Lipinski definition) is 1. The van der Waals surface area contributed by atoms with Gasteiger partial charge in [0.25, 0.3) is 5.91 Å². The van der Waals surface area contributed by atoms with Crippen LogP contribution in [0.2, 0.25) is 0 Å². The lowest BCUT2D eigenvalue weighted by atomic mass is 9.85. The Labute approximate surface area is 179 Å². The number of fused-ring (bicyclic) bond motifs is 3. The van der Waals surface area contributed by atoms with Gasteiger partial charge in [-0.1, -0.05) is 19.8 Å². The molecule has 30 heavy (non-hydrogen) atoms. The standard InChI is InChI=1S/C23H27N3O3S/c1-15-6-3-4-8-17(15)24-22(28)23(2)14-25-18-9-11-30-20(18)12-19(25)21(27)26(23)13-16-7-5-10-29-16/h5,7,9-12,15,17H,3-4,6,8,13-14H2,1-2H3,(H,24,28)/t15-,17+,23-/m1/s1. The second-order valence-corrected chi connectivity index (χ2v) is 9.82. The van der Waals surface area contributed by atoms with Crippen molar-refractivity contribution in [1.29, 1.82) is 0 Å². The first-order valence-corrected chi connectivity index (χ1v) is 11.6. The van der Waals surface area contributed by atoms with Gasteiger partial charge >= 0.3 is 0 Å². The van der Waals surface area contributed by atoms with E-state index in [-0.39, 0.29) is 24.4 Å². The van der Waals surface area contributed by atoms with Crippen molar-refractivity contribution in [3.63, 3.8) is 0 Å².